The van der Waals surface area contributed by atoms with E-state index in [1.807, 2.05) is 18.2 Å². The summed E-state index contributed by atoms with van der Waals surface area (Å²) < 4.78 is 0. The second-order valence-electron chi connectivity index (χ2n) is 5.32. The molecule has 1 aliphatic rings. The second kappa shape index (κ2) is 7.51. The number of halogens is 1. The van der Waals surface area contributed by atoms with E-state index in [0.29, 0.717) is 18.9 Å². The Balaban J connectivity index is 0.00000180. The Hall–Kier alpha value is -1.06. The fourth-order valence-electron chi connectivity index (χ4n) is 2.17. The van der Waals surface area contributed by atoms with Gasteiger partial charge in [0.25, 0.3) is 0 Å². The third-order valence-corrected chi connectivity index (χ3v) is 3.62. The fraction of sp³-hybridized carbons (Fsp3) is 0.533. The van der Waals surface area contributed by atoms with Crippen molar-refractivity contribution >= 4 is 18.3 Å². The number of hydrogen-bond acceptors (Lipinski definition) is 2. The molecule has 4 heteroatoms. The molecule has 3 N–H and O–H groups in total. The normalized spacial score (nSPS) is 17.2. The smallest absolute Gasteiger partial charge is 0.220 e. The Bertz CT molecular complexity index is 392. The summed E-state index contributed by atoms with van der Waals surface area (Å²) in [4.78, 5) is 11.8. The van der Waals surface area contributed by atoms with Gasteiger partial charge < -0.3 is 11.1 Å². The van der Waals surface area contributed by atoms with Gasteiger partial charge in [-0.1, -0.05) is 37.3 Å². The summed E-state index contributed by atoms with van der Waals surface area (Å²) in [5, 5.41) is 2.94. The number of carbonyl (C=O) groups excluding carboxylic acids is 1. The van der Waals surface area contributed by atoms with Gasteiger partial charge >= 0.3 is 0 Å². The van der Waals surface area contributed by atoms with E-state index < -0.39 is 0 Å². The van der Waals surface area contributed by atoms with Gasteiger partial charge in [0.1, 0.15) is 0 Å². The van der Waals surface area contributed by atoms with E-state index in [1.165, 1.54) is 18.4 Å². The number of benzene rings is 1. The van der Waals surface area contributed by atoms with Crippen LogP contribution < -0.4 is 11.1 Å². The largest absolute Gasteiger partial charge is 0.355 e. The van der Waals surface area contributed by atoms with Crippen LogP contribution >= 0.6 is 12.4 Å². The fourth-order valence-corrected chi connectivity index (χ4v) is 2.17. The molecule has 0 heterocycles. The van der Waals surface area contributed by atoms with Crippen LogP contribution in [0.3, 0.4) is 0 Å². The summed E-state index contributed by atoms with van der Waals surface area (Å²) in [6, 6.07) is 10.3. The van der Waals surface area contributed by atoms with Crippen LogP contribution in [0.2, 0.25) is 0 Å². The van der Waals surface area contributed by atoms with E-state index in [1.54, 1.807) is 0 Å². The lowest BCUT2D eigenvalue weighted by Crippen LogP contribution is -2.38. The predicted octanol–water partition coefficient (Wildman–Crippen LogP) is 2.46. The maximum atomic E-state index is 11.8. The summed E-state index contributed by atoms with van der Waals surface area (Å²) in [6.07, 6.45) is 2.97. The Morgan fingerprint density at radius 3 is 2.58 bits per heavy atom. The molecule has 1 aromatic carbocycles. The topological polar surface area (TPSA) is 55.1 Å². The van der Waals surface area contributed by atoms with Gasteiger partial charge in [-0.3, -0.25) is 4.79 Å². The molecule has 0 bridgehead atoms. The molecule has 19 heavy (non-hydrogen) atoms. The van der Waals surface area contributed by atoms with Crippen LogP contribution in [0.1, 0.15) is 37.7 Å². The second-order valence-corrected chi connectivity index (χ2v) is 5.32. The first-order valence-electron chi connectivity index (χ1n) is 6.74. The Morgan fingerprint density at radius 2 is 2.00 bits per heavy atom. The highest BCUT2D eigenvalue weighted by Crippen LogP contribution is 2.31. The molecule has 1 saturated carbocycles. The standard InChI is InChI=1S/C15H22N2O.ClH/c1-11(12-5-3-2-4-6-12)9-15(18)17-10-14(16)13-7-8-13;/h2-6,11,13-14H,7-10,16H2,1H3,(H,17,18);1H. The van der Waals surface area contributed by atoms with E-state index in [4.69, 9.17) is 5.73 Å². The van der Waals surface area contributed by atoms with Gasteiger partial charge in [-0.05, 0) is 30.2 Å². The molecule has 0 saturated heterocycles. The van der Waals surface area contributed by atoms with Crippen molar-refractivity contribution in [3.63, 3.8) is 0 Å². The highest BCUT2D eigenvalue weighted by Gasteiger charge is 2.28. The number of carbonyl (C=O) groups is 1. The average molecular weight is 283 g/mol. The van der Waals surface area contributed by atoms with E-state index in [2.05, 4.69) is 24.4 Å². The predicted molar refractivity (Wildman–Crippen MR) is 80.4 cm³/mol. The van der Waals surface area contributed by atoms with Gasteiger partial charge in [-0.15, -0.1) is 12.4 Å². The van der Waals surface area contributed by atoms with Gasteiger partial charge in [0.15, 0.2) is 0 Å². The lowest BCUT2D eigenvalue weighted by molar-refractivity contribution is -0.121. The van der Waals surface area contributed by atoms with Crippen molar-refractivity contribution in [2.75, 3.05) is 6.54 Å². The molecule has 2 atom stereocenters. The SMILES string of the molecule is CC(CC(=O)NCC(N)C1CC1)c1ccccc1.Cl. The Morgan fingerprint density at radius 1 is 1.37 bits per heavy atom. The maximum Gasteiger partial charge on any atom is 0.220 e. The summed E-state index contributed by atoms with van der Waals surface area (Å²) >= 11 is 0. The molecular formula is C15H23ClN2O. The van der Waals surface area contributed by atoms with Crippen LogP contribution in [0.4, 0.5) is 0 Å². The molecule has 3 nitrogen and oxygen atoms in total. The van der Waals surface area contributed by atoms with Crippen LogP contribution in [0.25, 0.3) is 0 Å². The summed E-state index contributed by atoms with van der Waals surface area (Å²) in [7, 11) is 0. The van der Waals surface area contributed by atoms with Crippen molar-refractivity contribution in [3.8, 4) is 0 Å². The first-order valence-corrected chi connectivity index (χ1v) is 6.74. The van der Waals surface area contributed by atoms with Crippen LogP contribution in [0.15, 0.2) is 30.3 Å². The lowest BCUT2D eigenvalue weighted by Gasteiger charge is -2.14. The third kappa shape index (κ3) is 5.21. The molecule has 106 valence electrons. The van der Waals surface area contributed by atoms with Crippen molar-refractivity contribution in [1.82, 2.24) is 5.32 Å². The molecule has 1 amide bonds. The van der Waals surface area contributed by atoms with E-state index in [0.717, 1.165) is 0 Å². The van der Waals surface area contributed by atoms with E-state index in [-0.39, 0.29) is 30.3 Å². The van der Waals surface area contributed by atoms with Crippen LogP contribution in [0, 0.1) is 5.92 Å². The number of hydrogen-bond donors (Lipinski definition) is 2. The average Bonchev–Trinajstić information content (AvgIpc) is 3.21. The first-order chi connectivity index (χ1) is 8.66. The third-order valence-electron chi connectivity index (χ3n) is 3.62. The Labute approximate surface area is 121 Å². The monoisotopic (exact) mass is 282 g/mol. The van der Waals surface area contributed by atoms with E-state index >= 15 is 0 Å². The molecular weight excluding hydrogens is 260 g/mol. The number of nitrogens with one attached hydrogen (secondary N) is 1. The van der Waals surface area contributed by atoms with Gasteiger partial charge in [0.05, 0.1) is 0 Å². The lowest BCUT2D eigenvalue weighted by atomic mass is 9.97. The molecule has 0 spiro atoms. The number of amides is 1. The van der Waals surface area contributed by atoms with Crippen LogP contribution in [0.5, 0.6) is 0 Å². The van der Waals surface area contributed by atoms with Crippen molar-refractivity contribution in [2.24, 2.45) is 11.7 Å². The first kappa shape index (κ1) is 16.0. The molecule has 0 aliphatic heterocycles. The molecule has 1 fully saturated rings. The highest BCUT2D eigenvalue weighted by atomic mass is 35.5. The van der Waals surface area contributed by atoms with Crippen LogP contribution in [-0.4, -0.2) is 18.5 Å². The van der Waals surface area contributed by atoms with Crippen molar-refractivity contribution < 1.29 is 4.79 Å². The number of rotatable bonds is 6. The highest BCUT2D eigenvalue weighted by molar-refractivity contribution is 5.85. The van der Waals surface area contributed by atoms with Gasteiger partial charge in [0.2, 0.25) is 5.91 Å². The van der Waals surface area contributed by atoms with E-state index in [9.17, 15) is 4.79 Å². The summed E-state index contributed by atoms with van der Waals surface area (Å²) in [5.74, 6) is 0.989. The minimum atomic E-state index is 0. The Kier molecular flexibility index (Phi) is 6.32. The molecule has 0 radical (unpaired) electrons. The zero-order valence-electron chi connectivity index (χ0n) is 11.3. The van der Waals surface area contributed by atoms with Crippen molar-refractivity contribution in [2.45, 2.75) is 38.1 Å². The quantitative estimate of drug-likeness (QED) is 0.842. The van der Waals surface area contributed by atoms with Gasteiger partial charge in [-0.25, -0.2) is 0 Å². The summed E-state index contributed by atoms with van der Waals surface area (Å²) in [5.41, 5.74) is 7.16. The summed E-state index contributed by atoms with van der Waals surface area (Å²) in [6.45, 7) is 2.70. The minimum absolute atomic E-state index is 0. The van der Waals surface area contributed by atoms with Crippen molar-refractivity contribution in [1.29, 1.82) is 0 Å². The number of nitrogens with two attached hydrogens (primary N) is 1. The van der Waals surface area contributed by atoms with Gasteiger partial charge in [-0.2, -0.15) is 0 Å². The molecule has 2 unspecified atom stereocenters. The molecule has 1 aliphatic carbocycles. The maximum absolute atomic E-state index is 11.8. The van der Waals surface area contributed by atoms with Crippen molar-refractivity contribution in [3.05, 3.63) is 35.9 Å². The molecule has 2 rings (SSSR count). The zero-order valence-corrected chi connectivity index (χ0v) is 12.2. The molecule has 0 aromatic heterocycles. The molecule has 1 aromatic rings. The van der Waals surface area contributed by atoms with Gasteiger partial charge in [0, 0.05) is 19.0 Å². The minimum Gasteiger partial charge on any atom is -0.355 e. The van der Waals surface area contributed by atoms with Crippen LogP contribution in [-0.2, 0) is 4.79 Å². The zero-order chi connectivity index (χ0) is 13.0.